The van der Waals surface area contributed by atoms with Crippen molar-refractivity contribution >= 4 is 5.78 Å². The number of hydrogen-bond acceptors (Lipinski definition) is 1. The molecule has 2 aliphatic carbocycles. The van der Waals surface area contributed by atoms with Crippen LogP contribution < -0.4 is 0 Å². The number of rotatable bonds is 0. The predicted molar refractivity (Wildman–Crippen MR) is 56.5 cm³/mol. The van der Waals surface area contributed by atoms with Crippen LogP contribution in [0.15, 0.2) is 12.2 Å². The van der Waals surface area contributed by atoms with Gasteiger partial charge in [-0.2, -0.15) is 0 Å². The highest BCUT2D eigenvalue weighted by Crippen LogP contribution is 2.37. The molecule has 0 saturated heterocycles. The first-order valence-corrected chi connectivity index (χ1v) is 5.41. The lowest BCUT2D eigenvalue weighted by Gasteiger charge is -2.33. The first-order chi connectivity index (χ1) is 6.70. The van der Waals surface area contributed by atoms with Gasteiger partial charge in [0.1, 0.15) is 0 Å². The van der Waals surface area contributed by atoms with Gasteiger partial charge in [-0.05, 0) is 30.1 Å². The van der Waals surface area contributed by atoms with Crippen LogP contribution in [0.4, 0.5) is 0 Å². The van der Waals surface area contributed by atoms with Crippen LogP contribution in [0, 0.1) is 35.5 Å². The molecule has 1 heteroatoms. The first-order valence-electron chi connectivity index (χ1n) is 5.41. The number of carbonyl (C=O) groups is 1. The zero-order chi connectivity index (χ0) is 10.1. The molecule has 0 aromatic carbocycles. The fourth-order valence-corrected chi connectivity index (χ4v) is 2.51. The van der Waals surface area contributed by atoms with Crippen molar-refractivity contribution in [3.8, 4) is 11.8 Å². The van der Waals surface area contributed by atoms with Gasteiger partial charge in [-0.1, -0.05) is 31.9 Å². The second-order valence-corrected chi connectivity index (χ2v) is 4.50. The summed E-state index contributed by atoms with van der Waals surface area (Å²) in [7, 11) is 0. The molecule has 0 unspecified atom stereocenters. The molecule has 2 rings (SSSR count). The summed E-state index contributed by atoms with van der Waals surface area (Å²) in [4.78, 5) is 11.8. The van der Waals surface area contributed by atoms with E-state index in [4.69, 9.17) is 0 Å². The highest BCUT2D eigenvalue weighted by Gasteiger charge is 2.36. The van der Waals surface area contributed by atoms with Crippen molar-refractivity contribution in [1.82, 2.24) is 0 Å². The van der Waals surface area contributed by atoms with Crippen molar-refractivity contribution in [2.45, 2.75) is 26.7 Å². The normalized spacial score (nSPS) is 40.9. The summed E-state index contributed by atoms with van der Waals surface area (Å²) in [6.07, 6.45) is 6.40. The minimum atomic E-state index is 0.157. The van der Waals surface area contributed by atoms with Crippen LogP contribution in [0.25, 0.3) is 0 Å². The molecular weight excluding hydrogens is 172 g/mol. The lowest BCUT2D eigenvalue weighted by Crippen LogP contribution is -2.33. The molecule has 0 spiro atoms. The topological polar surface area (TPSA) is 17.1 Å². The third kappa shape index (κ3) is 1.50. The standard InChI is InChI=1S/C13H16O/c1-9-7-8-11-5-3-4-6-12(14)13(11)10(9)2/h7-11,13H,3,5H2,1-2H3/t9-,10-,11+,13+/m0/s1. The van der Waals surface area contributed by atoms with Gasteiger partial charge in [-0.15, -0.1) is 0 Å². The highest BCUT2D eigenvalue weighted by molar-refractivity contribution is 5.98. The molecule has 0 saturated carbocycles. The van der Waals surface area contributed by atoms with Crippen LogP contribution >= 0.6 is 0 Å². The fraction of sp³-hybridized carbons (Fsp3) is 0.615. The second-order valence-electron chi connectivity index (χ2n) is 4.50. The summed E-state index contributed by atoms with van der Waals surface area (Å²) < 4.78 is 0. The highest BCUT2D eigenvalue weighted by atomic mass is 16.1. The zero-order valence-electron chi connectivity index (χ0n) is 8.79. The lowest BCUT2D eigenvalue weighted by atomic mass is 9.69. The average Bonchev–Trinajstić information content (AvgIpc) is 2.35. The average molecular weight is 188 g/mol. The molecule has 0 fully saturated rings. The maximum Gasteiger partial charge on any atom is 0.209 e. The van der Waals surface area contributed by atoms with Gasteiger partial charge in [0, 0.05) is 12.3 Å². The SMILES string of the molecule is C[C@@H]1[C@H]2C(=O)C#CCC[C@@H]2C=C[C@@H]1C. The van der Waals surface area contributed by atoms with Gasteiger partial charge < -0.3 is 0 Å². The second kappa shape index (κ2) is 3.61. The predicted octanol–water partition coefficient (Wildman–Crippen LogP) is 2.43. The lowest BCUT2D eigenvalue weighted by molar-refractivity contribution is -0.120. The maximum atomic E-state index is 11.8. The minimum Gasteiger partial charge on any atom is -0.285 e. The summed E-state index contributed by atoms with van der Waals surface area (Å²) in [5.74, 6) is 7.44. The van der Waals surface area contributed by atoms with Gasteiger partial charge in [0.2, 0.25) is 5.78 Å². The number of allylic oxidation sites excluding steroid dienone is 2. The van der Waals surface area contributed by atoms with E-state index in [-0.39, 0.29) is 11.7 Å². The van der Waals surface area contributed by atoms with E-state index in [0.29, 0.717) is 17.8 Å². The zero-order valence-corrected chi connectivity index (χ0v) is 8.79. The molecule has 0 amide bonds. The van der Waals surface area contributed by atoms with Crippen molar-refractivity contribution in [2.75, 3.05) is 0 Å². The van der Waals surface area contributed by atoms with Gasteiger partial charge in [0.25, 0.3) is 0 Å². The van der Waals surface area contributed by atoms with Gasteiger partial charge in [-0.25, -0.2) is 0 Å². The van der Waals surface area contributed by atoms with E-state index in [1.165, 1.54) is 0 Å². The Balaban J connectivity index is 2.31. The van der Waals surface area contributed by atoms with Crippen molar-refractivity contribution in [1.29, 1.82) is 0 Å². The van der Waals surface area contributed by atoms with Crippen LogP contribution in [0.1, 0.15) is 26.7 Å². The minimum absolute atomic E-state index is 0.157. The molecule has 0 radical (unpaired) electrons. The molecule has 1 nitrogen and oxygen atoms in total. The van der Waals surface area contributed by atoms with E-state index in [1.807, 2.05) is 0 Å². The Morgan fingerprint density at radius 3 is 2.93 bits per heavy atom. The quantitative estimate of drug-likeness (QED) is 0.324. The molecule has 74 valence electrons. The van der Waals surface area contributed by atoms with E-state index in [9.17, 15) is 4.79 Å². The Kier molecular flexibility index (Phi) is 2.46. The molecule has 4 atom stereocenters. The van der Waals surface area contributed by atoms with Crippen LogP contribution in [0.2, 0.25) is 0 Å². The molecule has 0 aromatic rings. The van der Waals surface area contributed by atoms with E-state index in [2.05, 4.69) is 37.8 Å². The van der Waals surface area contributed by atoms with Gasteiger partial charge >= 0.3 is 0 Å². The van der Waals surface area contributed by atoms with Crippen LogP contribution in [-0.4, -0.2) is 5.78 Å². The third-order valence-corrected chi connectivity index (χ3v) is 3.64. The van der Waals surface area contributed by atoms with Gasteiger partial charge in [0.05, 0.1) is 0 Å². The Bertz CT molecular complexity index is 329. The number of fused-ring (bicyclic) bond motifs is 1. The largest absolute Gasteiger partial charge is 0.285 e. The Morgan fingerprint density at radius 2 is 2.14 bits per heavy atom. The molecule has 0 N–H and O–H groups in total. The number of carbonyl (C=O) groups excluding carboxylic acids is 1. The number of hydrogen-bond donors (Lipinski definition) is 0. The van der Waals surface area contributed by atoms with E-state index < -0.39 is 0 Å². The van der Waals surface area contributed by atoms with Crippen molar-refractivity contribution in [2.24, 2.45) is 23.7 Å². The van der Waals surface area contributed by atoms with Gasteiger partial charge in [0.15, 0.2) is 0 Å². The molecule has 0 aliphatic heterocycles. The number of Topliss-reactive ketones (excluding diaryl/α,β-unsaturated/α-hetero) is 1. The third-order valence-electron chi connectivity index (χ3n) is 3.64. The smallest absolute Gasteiger partial charge is 0.209 e. The molecule has 0 aromatic heterocycles. The number of ketones is 1. The van der Waals surface area contributed by atoms with E-state index in [1.54, 1.807) is 0 Å². The van der Waals surface area contributed by atoms with Crippen molar-refractivity contribution < 1.29 is 4.79 Å². The monoisotopic (exact) mass is 188 g/mol. The van der Waals surface area contributed by atoms with E-state index in [0.717, 1.165) is 12.8 Å². The first kappa shape index (κ1) is 9.52. The fourth-order valence-electron chi connectivity index (χ4n) is 2.51. The Morgan fingerprint density at radius 1 is 1.36 bits per heavy atom. The summed E-state index contributed by atoms with van der Waals surface area (Å²) in [6.45, 7) is 4.36. The Hall–Kier alpha value is -1.03. The van der Waals surface area contributed by atoms with Crippen LogP contribution in [-0.2, 0) is 4.79 Å². The van der Waals surface area contributed by atoms with E-state index >= 15 is 0 Å². The van der Waals surface area contributed by atoms with Gasteiger partial charge in [-0.3, -0.25) is 4.79 Å². The molecule has 14 heavy (non-hydrogen) atoms. The van der Waals surface area contributed by atoms with Crippen LogP contribution in [0.5, 0.6) is 0 Å². The van der Waals surface area contributed by atoms with Crippen LogP contribution in [0.3, 0.4) is 0 Å². The summed E-state index contributed by atoms with van der Waals surface area (Å²) in [6, 6.07) is 0. The van der Waals surface area contributed by atoms with Crippen molar-refractivity contribution in [3.05, 3.63) is 12.2 Å². The Labute approximate surface area is 85.6 Å². The summed E-state index contributed by atoms with van der Waals surface area (Å²) in [5, 5.41) is 0. The summed E-state index contributed by atoms with van der Waals surface area (Å²) in [5.41, 5.74) is 0. The molecule has 2 aliphatic rings. The maximum absolute atomic E-state index is 11.8. The molecule has 0 heterocycles. The summed E-state index contributed by atoms with van der Waals surface area (Å²) >= 11 is 0. The molecular formula is C13H16O. The molecule has 0 bridgehead atoms. The van der Waals surface area contributed by atoms with Crippen molar-refractivity contribution in [3.63, 3.8) is 0 Å².